The first kappa shape index (κ1) is 19.4. The van der Waals surface area contributed by atoms with E-state index in [1.807, 2.05) is 36.4 Å². The molecule has 0 saturated heterocycles. The van der Waals surface area contributed by atoms with Gasteiger partial charge in [-0.25, -0.2) is 0 Å². The molecule has 30 heavy (non-hydrogen) atoms. The second-order valence-corrected chi connectivity index (χ2v) is 8.78. The molecule has 5 rings (SSSR count). The summed E-state index contributed by atoms with van der Waals surface area (Å²) >= 11 is 5.23. The van der Waals surface area contributed by atoms with Gasteiger partial charge in [-0.1, -0.05) is 59.2 Å². The molecule has 0 unspecified atom stereocenters. The quantitative estimate of drug-likeness (QED) is 0.377. The van der Waals surface area contributed by atoms with Crippen molar-refractivity contribution in [1.29, 1.82) is 0 Å². The van der Waals surface area contributed by atoms with Crippen molar-refractivity contribution in [2.75, 3.05) is 17.9 Å². The zero-order valence-corrected chi connectivity index (χ0v) is 18.6. The van der Waals surface area contributed by atoms with Crippen LogP contribution in [0.4, 0.5) is 5.69 Å². The lowest BCUT2D eigenvalue weighted by molar-refractivity contribution is 0.173. The van der Waals surface area contributed by atoms with E-state index in [9.17, 15) is 0 Å². The Kier molecular flexibility index (Phi) is 5.39. The molecule has 0 spiro atoms. The first-order valence-electron chi connectivity index (χ1n) is 9.72. The highest BCUT2D eigenvalue weighted by Gasteiger charge is 2.29. The highest BCUT2D eigenvalue weighted by atomic mass is 79.9. The van der Waals surface area contributed by atoms with Gasteiger partial charge in [-0.3, -0.25) is 0 Å². The van der Waals surface area contributed by atoms with Gasteiger partial charge in [0.25, 0.3) is 0 Å². The Balaban J connectivity index is 1.56. The van der Waals surface area contributed by atoms with Gasteiger partial charge in [-0.15, -0.1) is 10.2 Å². The minimum absolute atomic E-state index is 0.214. The van der Waals surface area contributed by atoms with E-state index in [2.05, 4.69) is 43.4 Å². The first-order valence-corrected chi connectivity index (χ1v) is 11.5. The van der Waals surface area contributed by atoms with Crippen molar-refractivity contribution in [3.63, 3.8) is 0 Å². The molecule has 1 aromatic heterocycles. The second kappa shape index (κ2) is 8.31. The average Bonchev–Trinajstić information content (AvgIpc) is 3.14. The molecule has 9 heteroatoms. The van der Waals surface area contributed by atoms with Crippen LogP contribution in [-0.2, 0) is 0 Å². The zero-order chi connectivity index (χ0) is 20.5. The van der Waals surface area contributed by atoms with Crippen LogP contribution in [0.25, 0.3) is 11.3 Å². The van der Waals surface area contributed by atoms with Crippen molar-refractivity contribution >= 4 is 33.4 Å². The van der Waals surface area contributed by atoms with Crippen LogP contribution in [0.2, 0.25) is 0 Å². The average molecular weight is 487 g/mol. The van der Waals surface area contributed by atoms with Crippen LogP contribution in [0.3, 0.4) is 0 Å². The number of para-hydroxylation sites is 1. The largest absolute Gasteiger partial charge is 0.454 e. The van der Waals surface area contributed by atoms with Crippen molar-refractivity contribution in [1.82, 2.24) is 15.2 Å². The third-order valence-corrected chi connectivity index (χ3v) is 6.45. The van der Waals surface area contributed by atoms with Gasteiger partial charge < -0.3 is 19.5 Å². The van der Waals surface area contributed by atoms with Gasteiger partial charge in [0.05, 0.1) is 0 Å². The minimum Gasteiger partial charge on any atom is -0.454 e. The van der Waals surface area contributed by atoms with Gasteiger partial charge in [0.2, 0.25) is 17.8 Å². The van der Waals surface area contributed by atoms with Gasteiger partial charge in [0, 0.05) is 27.0 Å². The standard InChI is InChI=1S/C21H19BrN4O3S/c1-2-3-8-30-21-24-20-18(25-26-21)12-6-4-5-7-15(12)23-19(29-20)13-9-16-17(10-14(13)22)28-11-27-16/h4-7,9-10,19,23H,2-3,8,11H2,1H3/t19-/m0/s1. The number of anilines is 1. The Morgan fingerprint density at radius 3 is 2.87 bits per heavy atom. The molecule has 3 aromatic rings. The summed E-state index contributed by atoms with van der Waals surface area (Å²) in [5.74, 6) is 2.80. The number of thioether (sulfide) groups is 1. The Labute approximate surface area is 186 Å². The number of ether oxygens (including phenoxy) is 3. The van der Waals surface area contributed by atoms with Crippen LogP contribution in [0.5, 0.6) is 17.4 Å². The number of nitrogens with zero attached hydrogens (tertiary/aromatic N) is 3. The van der Waals surface area contributed by atoms with Crippen LogP contribution in [0.1, 0.15) is 31.6 Å². The Morgan fingerprint density at radius 2 is 2.00 bits per heavy atom. The fourth-order valence-electron chi connectivity index (χ4n) is 3.29. The predicted molar refractivity (Wildman–Crippen MR) is 118 cm³/mol. The van der Waals surface area contributed by atoms with Crippen molar-refractivity contribution in [2.24, 2.45) is 0 Å². The van der Waals surface area contributed by atoms with Crippen LogP contribution in [0, 0.1) is 0 Å². The normalized spacial score (nSPS) is 16.1. The molecule has 7 nitrogen and oxygen atoms in total. The highest BCUT2D eigenvalue weighted by Crippen LogP contribution is 2.44. The Bertz CT molecular complexity index is 1100. The molecule has 154 valence electrons. The number of halogens is 1. The molecule has 0 radical (unpaired) electrons. The molecule has 0 bridgehead atoms. The number of hydrogen-bond acceptors (Lipinski definition) is 8. The van der Waals surface area contributed by atoms with Crippen molar-refractivity contribution < 1.29 is 14.2 Å². The molecule has 0 fully saturated rings. The lowest BCUT2D eigenvalue weighted by Crippen LogP contribution is -2.17. The third-order valence-electron chi connectivity index (χ3n) is 4.84. The van der Waals surface area contributed by atoms with E-state index in [0.29, 0.717) is 28.2 Å². The second-order valence-electron chi connectivity index (χ2n) is 6.86. The maximum atomic E-state index is 6.35. The summed E-state index contributed by atoms with van der Waals surface area (Å²) in [6, 6.07) is 11.7. The van der Waals surface area contributed by atoms with Gasteiger partial charge in [-0.2, -0.15) is 4.98 Å². The number of hydrogen-bond donors (Lipinski definition) is 1. The van der Waals surface area contributed by atoms with E-state index in [-0.39, 0.29) is 6.79 Å². The lowest BCUT2D eigenvalue weighted by atomic mass is 10.1. The molecule has 2 aromatic carbocycles. The molecule has 1 atom stereocenters. The van der Waals surface area contributed by atoms with Crippen LogP contribution < -0.4 is 19.5 Å². The van der Waals surface area contributed by atoms with E-state index in [1.165, 1.54) is 0 Å². The third kappa shape index (κ3) is 3.67. The Hall–Kier alpha value is -2.52. The van der Waals surface area contributed by atoms with E-state index in [0.717, 1.165) is 39.9 Å². The van der Waals surface area contributed by atoms with E-state index in [4.69, 9.17) is 14.2 Å². The van der Waals surface area contributed by atoms with Crippen LogP contribution >= 0.6 is 27.7 Å². The summed E-state index contributed by atoms with van der Waals surface area (Å²) in [4.78, 5) is 4.68. The summed E-state index contributed by atoms with van der Waals surface area (Å²) in [6.07, 6.45) is 1.73. The Morgan fingerprint density at radius 1 is 1.17 bits per heavy atom. The van der Waals surface area contributed by atoms with Crippen LogP contribution in [-0.4, -0.2) is 27.7 Å². The smallest absolute Gasteiger partial charge is 0.247 e. The topological polar surface area (TPSA) is 78.4 Å². The first-order chi connectivity index (χ1) is 14.7. The monoisotopic (exact) mass is 486 g/mol. The molecular weight excluding hydrogens is 468 g/mol. The molecule has 0 saturated carbocycles. The van der Waals surface area contributed by atoms with Gasteiger partial charge in [0.15, 0.2) is 23.4 Å². The zero-order valence-electron chi connectivity index (χ0n) is 16.2. The van der Waals surface area contributed by atoms with Crippen molar-refractivity contribution in [2.45, 2.75) is 31.1 Å². The SMILES string of the molecule is CCCCSc1nnc2c(n1)O[C@@H](c1cc3c(cc1Br)OCO3)Nc1ccccc1-2. The number of nitrogens with one attached hydrogen (secondary N) is 1. The summed E-state index contributed by atoms with van der Waals surface area (Å²) in [7, 11) is 0. The molecular formula is C21H19BrN4O3S. The molecule has 1 N–H and O–H groups in total. The van der Waals surface area contributed by atoms with Crippen LogP contribution in [0.15, 0.2) is 46.0 Å². The summed E-state index contributed by atoms with van der Waals surface area (Å²) < 4.78 is 18.2. The minimum atomic E-state index is -0.499. The number of unbranched alkanes of at least 4 members (excludes halogenated alkanes) is 1. The predicted octanol–water partition coefficient (Wildman–Crippen LogP) is 5.43. The maximum absolute atomic E-state index is 6.35. The van der Waals surface area contributed by atoms with Gasteiger partial charge >= 0.3 is 0 Å². The van der Waals surface area contributed by atoms with E-state index in [1.54, 1.807) is 11.8 Å². The number of aromatic nitrogens is 3. The summed E-state index contributed by atoms with van der Waals surface area (Å²) in [5, 5.41) is 12.8. The maximum Gasteiger partial charge on any atom is 0.247 e. The van der Waals surface area contributed by atoms with Crippen molar-refractivity contribution in [3.8, 4) is 28.6 Å². The number of fused-ring (bicyclic) bond motifs is 4. The van der Waals surface area contributed by atoms with Crippen molar-refractivity contribution in [3.05, 3.63) is 46.4 Å². The summed E-state index contributed by atoms with van der Waals surface area (Å²) in [5.41, 5.74) is 3.29. The summed E-state index contributed by atoms with van der Waals surface area (Å²) in [6.45, 7) is 2.38. The molecule has 3 heterocycles. The van der Waals surface area contributed by atoms with E-state index < -0.39 is 6.23 Å². The fraction of sp³-hybridized carbons (Fsp3) is 0.286. The molecule has 0 aliphatic carbocycles. The molecule has 0 amide bonds. The number of rotatable bonds is 5. The highest BCUT2D eigenvalue weighted by molar-refractivity contribution is 9.10. The van der Waals surface area contributed by atoms with Gasteiger partial charge in [0.1, 0.15) is 0 Å². The lowest BCUT2D eigenvalue weighted by Gasteiger charge is -2.20. The molecule has 2 aliphatic heterocycles. The van der Waals surface area contributed by atoms with E-state index >= 15 is 0 Å². The number of benzene rings is 2. The molecule has 2 aliphatic rings. The fourth-order valence-corrected chi connectivity index (χ4v) is 4.68. The van der Waals surface area contributed by atoms with Gasteiger partial charge in [-0.05, 0) is 24.6 Å².